The Morgan fingerprint density at radius 1 is 1.17 bits per heavy atom. The maximum absolute atomic E-state index is 12.9. The summed E-state index contributed by atoms with van der Waals surface area (Å²) in [7, 11) is 1.60. The molecule has 126 valence electrons. The lowest BCUT2D eigenvalue weighted by Crippen LogP contribution is -2.43. The number of carbonyl (C=O) groups excluding carboxylic acids is 2. The average molecular weight is 318 g/mol. The minimum absolute atomic E-state index is 0.0886. The SMILES string of the molecule is CCOC(=O)[C@@]1(C)CC[C@H](C(=O)c2ccc(OC)cc2)C1(C)C. The Morgan fingerprint density at radius 3 is 2.30 bits per heavy atom. The van der Waals surface area contributed by atoms with Crippen LogP contribution in [0.25, 0.3) is 0 Å². The van der Waals surface area contributed by atoms with Crippen LogP contribution in [-0.2, 0) is 9.53 Å². The Kier molecular flexibility index (Phi) is 4.83. The number of hydrogen-bond acceptors (Lipinski definition) is 4. The van der Waals surface area contributed by atoms with Gasteiger partial charge in [0.2, 0.25) is 0 Å². The van der Waals surface area contributed by atoms with Crippen molar-refractivity contribution in [1.82, 2.24) is 0 Å². The van der Waals surface area contributed by atoms with Gasteiger partial charge in [0.1, 0.15) is 5.75 Å². The summed E-state index contributed by atoms with van der Waals surface area (Å²) < 4.78 is 10.4. The molecule has 0 N–H and O–H groups in total. The van der Waals surface area contributed by atoms with Crippen LogP contribution in [0.4, 0.5) is 0 Å². The van der Waals surface area contributed by atoms with E-state index in [-0.39, 0.29) is 17.7 Å². The van der Waals surface area contributed by atoms with Gasteiger partial charge in [-0.25, -0.2) is 0 Å². The summed E-state index contributed by atoms with van der Waals surface area (Å²) in [5.41, 5.74) is -0.413. The van der Waals surface area contributed by atoms with Gasteiger partial charge in [0, 0.05) is 11.5 Å². The average Bonchev–Trinajstić information content (AvgIpc) is 2.78. The predicted molar refractivity (Wildman–Crippen MR) is 88.6 cm³/mol. The Bertz CT molecular complexity index is 588. The van der Waals surface area contributed by atoms with Crippen LogP contribution in [-0.4, -0.2) is 25.5 Å². The third-order valence-corrected chi connectivity index (χ3v) is 5.64. The lowest BCUT2D eigenvalue weighted by atomic mass is 9.64. The van der Waals surface area contributed by atoms with E-state index in [4.69, 9.17) is 9.47 Å². The molecule has 0 spiro atoms. The first-order valence-electron chi connectivity index (χ1n) is 8.13. The van der Waals surface area contributed by atoms with Gasteiger partial charge in [-0.15, -0.1) is 0 Å². The summed E-state index contributed by atoms with van der Waals surface area (Å²) in [6, 6.07) is 7.16. The lowest BCUT2D eigenvalue weighted by Gasteiger charge is -2.39. The van der Waals surface area contributed by atoms with E-state index in [2.05, 4.69) is 0 Å². The lowest BCUT2D eigenvalue weighted by molar-refractivity contribution is -0.160. The molecule has 0 saturated heterocycles. The van der Waals surface area contributed by atoms with Gasteiger partial charge in [-0.1, -0.05) is 13.8 Å². The van der Waals surface area contributed by atoms with Crippen molar-refractivity contribution in [1.29, 1.82) is 0 Å². The minimum atomic E-state index is -0.629. The highest BCUT2D eigenvalue weighted by Gasteiger charge is 2.58. The smallest absolute Gasteiger partial charge is 0.312 e. The molecule has 1 aliphatic carbocycles. The van der Waals surface area contributed by atoms with Crippen LogP contribution < -0.4 is 4.74 Å². The van der Waals surface area contributed by atoms with E-state index in [0.717, 1.165) is 5.75 Å². The molecule has 1 aliphatic rings. The quantitative estimate of drug-likeness (QED) is 0.610. The predicted octanol–water partition coefficient (Wildman–Crippen LogP) is 3.88. The molecule has 1 fully saturated rings. The number of rotatable bonds is 5. The van der Waals surface area contributed by atoms with Crippen molar-refractivity contribution < 1.29 is 19.1 Å². The zero-order valence-corrected chi connectivity index (χ0v) is 14.6. The molecule has 0 unspecified atom stereocenters. The summed E-state index contributed by atoms with van der Waals surface area (Å²) in [5, 5.41) is 0. The van der Waals surface area contributed by atoms with E-state index in [1.807, 2.05) is 27.7 Å². The van der Waals surface area contributed by atoms with E-state index in [0.29, 0.717) is 25.0 Å². The molecule has 1 aromatic carbocycles. The second-order valence-corrected chi connectivity index (χ2v) is 6.96. The van der Waals surface area contributed by atoms with Crippen molar-refractivity contribution in [2.24, 2.45) is 16.7 Å². The number of carbonyl (C=O) groups is 2. The fourth-order valence-corrected chi connectivity index (χ4v) is 3.57. The Morgan fingerprint density at radius 2 is 1.78 bits per heavy atom. The largest absolute Gasteiger partial charge is 0.497 e. The molecule has 23 heavy (non-hydrogen) atoms. The zero-order chi connectivity index (χ0) is 17.3. The summed E-state index contributed by atoms with van der Waals surface area (Å²) >= 11 is 0. The Hall–Kier alpha value is -1.84. The molecule has 2 rings (SSSR count). The fraction of sp³-hybridized carbons (Fsp3) is 0.579. The van der Waals surface area contributed by atoms with Gasteiger partial charge < -0.3 is 9.47 Å². The van der Waals surface area contributed by atoms with E-state index in [9.17, 15) is 9.59 Å². The summed E-state index contributed by atoms with van der Waals surface area (Å²) in [6.45, 7) is 8.10. The van der Waals surface area contributed by atoms with Crippen LogP contribution in [0, 0.1) is 16.7 Å². The van der Waals surface area contributed by atoms with E-state index < -0.39 is 10.8 Å². The number of benzene rings is 1. The molecule has 1 saturated carbocycles. The molecule has 2 atom stereocenters. The normalized spacial score (nSPS) is 25.9. The Balaban J connectivity index is 2.26. The molecule has 0 amide bonds. The maximum atomic E-state index is 12.9. The highest BCUT2D eigenvalue weighted by molar-refractivity contribution is 5.99. The van der Waals surface area contributed by atoms with Gasteiger partial charge in [0.05, 0.1) is 19.1 Å². The van der Waals surface area contributed by atoms with Gasteiger partial charge in [-0.05, 0) is 56.4 Å². The van der Waals surface area contributed by atoms with Gasteiger partial charge in [-0.3, -0.25) is 9.59 Å². The van der Waals surface area contributed by atoms with E-state index >= 15 is 0 Å². The van der Waals surface area contributed by atoms with Crippen molar-refractivity contribution in [3.63, 3.8) is 0 Å². The molecule has 0 heterocycles. The number of hydrogen-bond donors (Lipinski definition) is 0. The molecule has 0 aromatic heterocycles. The second-order valence-electron chi connectivity index (χ2n) is 6.96. The minimum Gasteiger partial charge on any atom is -0.497 e. The van der Waals surface area contributed by atoms with Crippen LogP contribution in [0.2, 0.25) is 0 Å². The number of ether oxygens (including phenoxy) is 2. The summed E-state index contributed by atoms with van der Waals surface area (Å²) in [6.07, 6.45) is 1.37. The molecular formula is C19H26O4. The van der Waals surface area contributed by atoms with Gasteiger partial charge in [0.25, 0.3) is 0 Å². The van der Waals surface area contributed by atoms with Crippen molar-refractivity contribution in [3.8, 4) is 5.75 Å². The number of esters is 1. The van der Waals surface area contributed by atoms with Crippen LogP contribution in [0.5, 0.6) is 5.75 Å². The van der Waals surface area contributed by atoms with Crippen molar-refractivity contribution in [2.45, 2.75) is 40.5 Å². The first-order chi connectivity index (χ1) is 10.8. The Labute approximate surface area is 138 Å². The van der Waals surface area contributed by atoms with Crippen LogP contribution >= 0.6 is 0 Å². The van der Waals surface area contributed by atoms with Crippen molar-refractivity contribution >= 4 is 11.8 Å². The molecule has 4 nitrogen and oxygen atoms in total. The number of Topliss-reactive ketones (excluding diaryl/α,β-unsaturated/α-hetero) is 1. The van der Waals surface area contributed by atoms with Crippen molar-refractivity contribution in [2.75, 3.05) is 13.7 Å². The summed E-state index contributed by atoms with van der Waals surface area (Å²) in [5.74, 6) is 0.426. The molecule has 1 aromatic rings. The number of ketones is 1. The molecule has 0 radical (unpaired) electrons. The van der Waals surface area contributed by atoms with Crippen LogP contribution in [0.1, 0.15) is 50.9 Å². The third kappa shape index (κ3) is 2.87. The standard InChI is InChI=1S/C19H26O4/c1-6-23-17(21)19(4)12-11-15(18(19,2)3)16(20)13-7-9-14(22-5)10-8-13/h7-10,15H,6,11-12H2,1-5H3/t15-,19-/m1/s1. The first kappa shape index (κ1) is 17.5. The highest BCUT2D eigenvalue weighted by Crippen LogP contribution is 2.57. The van der Waals surface area contributed by atoms with E-state index in [1.54, 1.807) is 31.4 Å². The third-order valence-electron chi connectivity index (χ3n) is 5.64. The van der Waals surface area contributed by atoms with Gasteiger partial charge in [-0.2, -0.15) is 0 Å². The second kappa shape index (κ2) is 6.34. The van der Waals surface area contributed by atoms with Gasteiger partial charge in [0.15, 0.2) is 5.78 Å². The fourth-order valence-electron chi connectivity index (χ4n) is 3.57. The van der Waals surface area contributed by atoms with E-state index in [1.165, 1.54) is 0 Å². The zero-order valence-electron chi connectivity index (χ0n) is 14.6. The highest BCUT2D eigenvalue weighted by atomic mass is 16.5. The van der Waals surface area contributed by atoms with Crippen LogP contribution in [0.3, 0.4) is 0 Å². The van der Waals surface area contributed by atoms with Gasteiger partial charge >= 0.3 is 5.97 Å². The molecular weight excluding hydrogens is 292 g/mol. The first-order valence-corrected chi connectivity index (χ1v) is 8.13. The molecule has 4 heteroatoms. The monoisotopic (exact) mass is 318 g/mol. The summed E-state index contributed by atoms with van der Waals surface area (Å²) in [4.78, 5) is 25.4. The van der Waals surface area contributed by atoms with Crippen molar-refractivity contribution in [3.05, 3.63) is 29.8 Å². The van der Waals surface area contributed by atoms with Crippen LogP contribution in [0.15, 0.2) is 24.3 Å². The number of methoxy groups -OCH3 is 1. The topological polar surface area (TPSA) is 52.6 Å². The molecule has 0 bridgehead atoms. The molecule has 0 aliphatic heterocycles. The maximum Gasteiger partial charge on any atom is 0.312 e.